The molecule has 5 nitrogen and oxygen atoms in total. The first-order valence-electron chi connectivity index (χ1n) is 5.98. The van der Waals surface area contributed by atoms with Crippen molar-refractivity contribution in [3.05, 3.63) is 18.1 Å². The number of piperidine rings is 1. The van der Waals surface area contributed by atoms with Crippen LogP contribution in [0, 0.1) is 17.2 Å². The average Bonchev–Trinajstić information content (AvgIpc) is 2.27. The third kappa shape index (κ3) is 2.54. The number of nitrogens with zero attached hydrogens (tertiary/aromatic N) is 3. The standard InChI is InChI=1S/C12H19N5/c1-8-5-9(2)7-17(6-8)12-10(11(13)14)15-3-4-16-12/h3-4,8-9H,5-7H2,1-2H3,(H3,13,14). The normalized spacial score (nSPS) is 24.7. The molecular weight excluding hydrogens is 214 g/mol. The van der Waals surface area contributed by atoms with Gasteiger partial charge < -0.3 is 10.6 Å². The molecule has 1 fully saturated rings. The molecule has 0 radical (unpaired) electrons. The topological polar surface area (TPSA) is 78.9 Å². The molecule has 3 N–H and O–H groups in total. The van der Waals surface area contributed by atoms with Crippen molar-refractivity contribution in [2.24, 2.45) is 17.6 Å². The number of amidine groups is 1. The fourth-order valence-electron chi connectivity index (χ4n) is 2.59. The van der Waals surface area contributed by atoms with Gasteiger partial charge in [-0.15, -0.1) is 0 Å². The van der Waals surface area contributed by atoms with Gasteiger partial charge in [0.05, 0.1) is 0 Å². The van der Waals surface area contributed by atoms with E-state index in [1.54, 1.807) is 12.4 Å². The third-order valence-electron chi connectivity index (χ3n) is 3.10. The highest BCUT2D eigenvalue weighted by Gasteiger charge is 2.25. The molecule has 0 aromatic carbocycles. The molecule has 2 heterocycles. The molecule has 1 aromatic rings. The van der Waals surface area contributed by atoms with Crippen LogP contribution in [-0.2, 0) is 0 Å². The van der Waals surface area contributed by atoms with E-state index in [1.807, 2.05) is 0 Å². The SMILES string of the molecule is CC1CC(C)CN(c2nccnc2C(=N)N)C1. The predicted octanol–water partition coefficient (Wildman–Crippen LogP) is 1.24. The summed E-state index contributed by atoms with van der Waals surface area (Å²) in [6, 6.07) is 0. The van der Waals surface area contributed by atoms with E-state index in [9.17, 15) is 0 Å². The van der Waals surface area contributed by atoms with Crippen molar-refractivity contribution in [2.75, 3.05) is 18.0 Å². The largest absolute Gasteiger partial charge is 0.382 e. The van der Waals surface area contributed by atoms with Gasteiger partial charge in [0.2, 0.25) is 0 Å². The Kier molecular flexibility index (Phi) is 3.26. The van der Waals surface area contributed by atoms with Gasteiger partial charge in [0.25, 0.3) is 0 Å². The zero-order valence-electron chi connectivity index (χ0n) is 10.3. The van der Waals surface area contributed by atoms with E-state index < -0.39 is 0 Å². The first kappa shape index (κ1) is 11.8. The van der Waals surface area contributed by atoms with Gasteiger partial charge in [-0.05, 0) is 18.3 Å². The van der Waals surface area contributed by atoms with Crippen molar-refractivity contribution >= 4 is 11.7 Å². The molecule has 1 aliphatic heterocycles. The Morgan fingerprint density at radius 3 is 2.47 bits per heavy atom. The first-order chi connectivity index (χ1) is 8.08. The van der Waals surface area contributed by atoms with Crippen LogP contribution in [0.15, 0.2) is 12.4 Å². The number of nitrogens with one attached hydrogen (secondary N) is 1. The second-order valence-electron chi connectivity index (χ2n) is 4.99. The minimum atomic E-state index is -0.0148. The van der Waals surface area contributed by atoms with Crippen LogP contribution < -0.4 is 10.6 Å². The molecule has 92 valence electrons. The van der Waals surface area contributed by atoms with Gasteiger partial charge in [-0.25, -0.2) is 9.97 Å². The highest BCUT2D eigenvalue weighted by atomic mass is 15.2. The van der Waals surface area contributed by atoms with Crippen LogP contribution >= 0.6 is 0 Å². The number of anilines is 1. The van der Waals surface area contributed by atoms with Gasteiger partial charge in [-0.2, -0.15) is 0 Å². The second kappa shape index (κ2) is 4.69. The Hall–Kier alpha value is -1.65. The number of hydrogen-bond acceptors (Lipinski definition) is 4. The summed E-state index contributed by atoms with van der Waals surface area (Å²) in [6.45, 7) is 6.41. The van der Waals surface area contributed by atoms with Crippen LogP contribution in [0.5, 0.6) is 0 Å². The van der Waals surface area contributed by atoms with E-state index >= 15 is 0 Å². The molecule has 2 rings (SSSR count). The van der Waals surface area contributed by atoms with Crippen molar-refractivity contribution in [1.29, 1.82) is 5.41 Å². The van der Waals surface area contributed by atoms with Crippen LogP contribution in [0.1, 0.15) is 26.0 Å². The van der Waals surface area contributed by atoms with Crippen molar-refractivity contribution < 1.29 is 0 Å². The van der Waals surface area contributed by atoms with Crippen LogP contribution in [-0.4, -0.2) is 28.9 Å². The molecule has 1 aliphatic rings. The number of hydrogen-bond donors (Lipinski definition) is 2. The van der Waals surface area contributed by atoms with Crippen molar-refractivity contribution in [3.63, 3.8) is 0 Å². The molecule has 5 heteroatoms. The molecular formula is C12H19N5. The number of nitrogens with two attached hydrogens (primary N) is 1. The van der Waals surface area contributed by atoms with Gasteiger partial charge in [0.1, 0.15) is 11.5 Å². The van der Waals surface area contributed by atoms with E-state index in [0.29, 0.717) is 17.5 Å². The molecule has 0 spiro atoms. The summed E-state index contributed by atoms with van der Waals surface area (Å²) in [7, 11) is 0. The average molecular weight is 233 g/mol. The second-order valence-corrected chi connectivity index (χ2v) is 4.99. The van der Waals surface area contributed by atoms with Crippen LogP contribution in [0.3, 0.4) is 0 Å². The molecule has 0 aliphatic carbocycles. The molecule has 17 heavy (non-hydrogen) atoms. The van der Waals surface area contributed by atoms with E-state index in [0.717, 1.165) is 18.9 Å². The maximum absolute atomic E-state index is 7.54. The maximum Gasteiger partial charge on any atom is 0.158 e. The van der Waals surface area contributed by atoms with E-state index in [4.69, 9.17) is 11.1 Å². The first-order valence-corrected chi connectivity index (χ1v) is 5.98. The Morgan fingerprint density at radius 2 is 1.88 bits per heavy atom. The van der Waals surface area contributed by atoms with E-state index in [1.165, 1.54) is 6.42 Å². The smallest absolute Gasteiger partial charge is 0.158 e. The zero-order valence-corrected chi connectivity index (χ0v) is 10.3. The Balaban J connectivity index is 2.30. The number of aromatic nitrogens is 2. The lowest BCUT2D eigenvalue weighted by molar-refractivity contribution is 0.355. The summed E-state index contributed by atoms with van der Waals surface area (Å²) in [4.78, 5) is 10.7. The Bertz CT molecular complexity index is 407. The molecule has 0 saturated carbocycles. The van der Waals surface area contributed by atoms with E-state index in [2.05, 4.69) is 28.7 Å². The highest BCUT2D eigenvalue weighted by Crippen LogP contribution is 2.26. The fourth-order valence-corrected chi connectivity index (χ4v) is 2.59. The van der Waals surface area contributed by atoms with Crippen LogP contribution in [0.2, 0.25) is 0 Å². The lowest BCUT2D eigenvalue weighted by Gasteiger charge is -2.36. The summed E-state index contributed by atoms with van der Waals surface area (Å²) < 4.78 is 0. The molecule has 2 unspecified atom stereocenters. The van der Waals surface area contributed by atoms with Gasteiger partial charge in [-0.3, -0.25) is 5.41 Å². The lowest BCUT2D eigenvalue weighted by Crippen LogP contribution is -2.40. The van der Waals surface area contributed by atoms with Crippen molar-refractivity contribution in [2.45, 2.75) is 20.3 Å². The van der Waals surface area contributed by atoms with E-state index in [-0.39, 0.29) is 5.84 Å². The maximum atomic E-state index is 7.54. The van der Waals surface area contributed by atoms with Crippen LogP contribution in [0.25, 0.3) is 0 Å². The van der Waals surface area contributed by atoms with Crippen molar-refractivity contribution in [1.82, 2.24) is 9.97 Å². The van der Waals surface area contributed by atoms with Gasteiger partial charge >= 0.3 is 0 Å². The zero-order chi connectivity index (χ0) is 12.4. The molecule has 0 bridgehead atoms. The molecule has 1 saturated heterocycles. The quantitative estimate of drug-likeness (QED) is 0.595. The van der Waals surface area contributed by atoms with Gasteiger partial charge in [-0.1, -0.05) is 13.8 Å². The molecule has 2 atom stereocenters. The summed E-state index contributed by atoms with van der Waals surface area (Å²) in [6.07, 6.45) is 4.48. The highest BCUT2D eigenvalue weighted by molar-refractivity contribution is 5.97. The number of rotatable bonds is 2. The summed E-state index contributed by atoms with van der Waals surface area (Å²) in [5.41, 5.74) is 6.04. The number of nitrogen functional groups attached to an aromatic ring is 1. The Labute approximate surface area is 102 Å². The molecule has 1 aromatic heterocycles. The predicted molar refractivity (Wildman–Crippen MR) is 68.2 cm³/mol. The van der Waals surface area contributed by atoms with Gasteiger partial charge in [0.15, 0.2) is 5.82 Å². The van der Waals surface area contributed by atoms with Crippen LogP contribution in [0.4, 0.5) is 5.82 Å². The van der Waals surface area contributed by atoms with Crippen molar-refractivity contribution in [3.8, 4) is 0 Å². The minimum Gasteiger partial charge on any atom is -0.382 e. The Morgan fingerprint density at radius 1 is 1.29 bits per heavy atom. The summed E-state index contributed by atoms with van der Waals surface area (Å²) >= 11 is 0. The monoisotopic (exact) mass is 233 g/mol. The lowest BCUT2D eigenvalue weighted by atomic mass is 9.92. The minimum absolute atomic E-state index is 0.0148. The molecule has 0 amide bonds. The summed E-state index contributed by atoms with van der Waals surface area (Å²) in [5, 5.41) is 7.54. The summed E-state index contributed by atoms with van der Waals surface area (Å²) in [5.74, 6) is 2.01. The third-order valence-corrected chi connectivity index (χ3v) is 3.10. The fraction of sp³-hybridized carbons (Fsp3) is 0.583. The van der Waals surface area contributed by atoms with Gasteiger partial charge in [0, 0.05) is 25.5 Å².